The normalized spacial score (nSPS) is 15.8. The molecule has 1 aliphatic carbocycles. The van der Waals surface area contributed by atoms with Crippen LogP contribution in [-0.2, 0) is 0 Å². The molecule has 0 spiro atoms. The second-order valence-corrected chi connectivity index (χ2v) is 6.31. The van der Waals surface area contributed by atoms with Crippen LogP contribution in [0.3, 0.4) is 0 Å². The van der Waals surface area contributed by atoms with E-state index in [1.807, 2.05) is 18.2 Å². The monoisotopic (exact) mass is 325 g/mol. The molecule has 1 fully saturated rings. The van der Waals surface area contributed by atoms with Crippen molar-refractivity contribution in [3.05, 3.63) is 64.6 Å². The molecule has 1 atom stereocenters. The number of urea groups is 1. The Morgan fingerprint density at radius 1 is 1.12 bits per heavy atom. The summed E-state index contributed by atoms with van der Waals surface area (Å²) in [6.07, 6.45) is 6.48. The molecule has 5 heteroatoms. The van der Waals surface area contributed by atoms with E-state index in [-0.39, 0.29) is 17.3 Å². The highest BCUT2D eigenvalue weighted by Crippen LogP contribution is 2.36. The molecule has 0 bridgehead atoms. The van der Waals surface area contributed by atoms with E-state index in [1.165, 1.54) is 37.4 Å². The Balaban J connectivity index is 1.64. The lowest BCUT2D eigenvalue weighted by Gasteiger charge is -2.24. The first-order valence-electron chi connectivity index (χ1n) is 8.51. The number of pyridine rings is 1. The van der Waals surface area contributed by atoms with Gasteiger partial charge in [-0.1, -0.05) is 43.2 Å². The van der Waals surface area contributed by atoms with Gasteiger partial charge in [-0.3, -0.25) is 4.79 Å². The molecule has 126 valence electrons. The summed E-state index contributed by atoms with van der Waals surface area (Å²) in [7, 11) is 0. The molecule has 1 heterocycles. The fourth-order valence-corrected chi connectivity index (χ4v) is 3.51. The Bertz CT molecular complexity index is 721. The molecule has 0 unspecified atom stereocenters. The van der Waals surface area contributed by atoms with Gasteiger partial charge in [-0.05, 0) is 36.5 Å². The number of rotatable bonds is 5. The third kappa shape index (κ3) is 4.04. The van der Waals surface area contributed by atoms with Gasteiger partial charge in [0.1, 0.15) is 5.69 Å². The van der Waals surface area contributed by atoms with Crippen molar-refractivity contribution in [2.75, 3.05) is 11.9 Å². The average molecular weight is 325 g/mol. The molecule has 3 rings (SSSR count). The fraction of sp³-hybridized carbons (Fsp3) is 0.368. The molecule has 2 aromatic rings. The van der Waals surface area contributed by atoms with Crippen LogP contribution in [0.1, 0.15) is 37.2 Å². The van der Waals surface area contributed by atoms with E-state index in [9.17, 15) is 9.59 Å². The standard InChI is InChI=1S/C19H23N3O2/c23-18-17(11-6-12-20-18)22-19(24)21-13-16(15-9-4-5-10-15)14-7-2-1-3-8-14/h1-3,6-8,11-12,15-16H,4-5,9-10,13H2,(H,20,23)(H2,21,22,24)/t16-/m1/s1. The number of benzene rings is 1. The molecule has 1 saturated carbocycles. The van der Waals surface area contributed by atoms with Crippen LogP contribution in [-0.4, -0.2) is 17.6 Å². The topological polar surface area (TPSA) is 74.0 Å². The molecular formula is C19H23N3O2. The summed E-state index contributed by atoms with van der Waals surface area (Å²) in [6.45, 7) is 0.575. The van der Waals surface area contributed by atoms with E-state index in [4.69, 9.17) is 0 Å². The van der Waals surface area contributed by atoms with E-state index in [0.29, 0.717) is 18.4 Å². The molecule has 2 amide bonds. The Labute approximate surface area is 141 Å². The van der Waals surface area contributed by atoms with Crippen LogP contribution < -0.4 is 16.2 Å². The lowest BCUT2D eigenvalue weighted by atomic mass is 9.85. The number of H-pyrrole nitrogens is 1. The number of aromatic nitrogens is 1. The average Bonchev–Trinajstić information content (AvgIpc) is 3.12. The van der Waals surface area contributed by atoms with Crippen molar-refractivity contribution in [1.29, 1.82) is 0 Å². The zero-order chi connectivity index (χ0) is 16.8. The lowest BCUT2D eigenvalue weighted by molar-refractivity contribution is 0.250. The van der Waals surface area contributed by atoms with Gasteiger partial charge < -0.3 is 15.6 Å². The molecule has 1 aromatic heterocycles. The van der Waals surface area contributed by atoms with Crippen molar-refractivity contribution in [2.45, 2.75) is 31.6 Å². The van der Waals surface area contributed by atoms with Crippen LogP contribution >= 0.6 is 0 Å². The van der Waals surface area contributed by atoms with Crippen LogP contribution in [0, 0.1) is 5.92 Å². The summed E-state index contributed by atoms with van der Waals surface area (Å²) in [5.41, 5.74) is 1.22. The van der Waals surface area contributed by atoms with Crippen LogP contribution in [0.25, 0.3) is 0 Å². The maximum Gasteiger partial charge on any atom is 0.319 e. The third-order valence-corrected chi connectivity index (χ3v) is 4.75. The summed E-state index contributed by atoms with van der Waals surface area (Å²) >= 11 is 0. The summed E-state index contributed by atoms with van der Waals surface area (Å²) < 4.78 is 0. The first kappa shape index (κ1) is 16.3. The van der Waals surface area contributed by atoms with Crippen LogP contribution in [0.2, 0.25) is 0 Å². The summed E-state index contributed by atoms with van der Waals surface area (Å²) in [5, 5.41) is 5.54. The van der Waals surface area contributed by atoms with Gasteiger partial charge in [-0.25, -0.2) is 4.79 Å². The number of hydrogen-bond donors (Lipinski definition) is 3. The Morgan fingerprint density at radius 3 is 2.58 bits per heavy atom. The van der Waals surface area contributed by atoms with Gasteiger partial charge in [0.25, 0.3) is 5.56 Å². The smallest absolute Gasteiger partial charge is 0.319 e. The number of aromatic amines is 1. The molecule has 5 nitrogen and oxygen atoms in total. The number of carbonyl (C=O) groups is 1. The SMILES string of the molecule is O=C(NC[C@H](c1ccccc1)C1CCCC1)Nc1ccc[nH]c1=O. The number of amides is 2. The molecule has 0 radical (unpaired) electrons. The molecule has 0 aliphatic heterocycles. The van der Waals surface area contributed by atoms with Gasteiger partial charge >= 0.3 is 6.03 Å². The molecule has 0 saturated heterocycles. The Morgan fingerprint density at radius 2 is 1.88 bits per heavy atom. The fourth-order valence-electron chi connectivity index (χ4n) is 3.51. The van der Waals surface area contributed by atoms with Crippen molar-refractivity contribution < 1.29 is 4.79 Å². The van der Waals surface area contributed by atoms with Gasteiger partial charge in [0.15, 0.2) is 0 Å². The molecular weight excluding hydrogens is 302 g/mol. The number of nitrogens with one attached hydrogen (secondary N) is 3. The van der Waals surface area contributed by atoms with Gasteiger partial charge in [0.05, 0.1) is 0 Å². The van der Waals surface area contributed by atoms with Gasteiger partial charge in [-0.15, -0.1) is 0 Å². The van der Waals surface area contributed by atoms with Gasteiger partial charge in [0.2, 0.25) is 0 Å². The van der Waals surface area contributed by atoms with Crippen molar-refractivity contribution in [3.63, 3.8) is 0 Å². The number of hydrogen-bond acceptors (Lipinski definition) is 2. The van der Waals surface area contributed by atoms with Crippen molar-refractivity contribution in [1.82, 2.24) is 10.3 Å². The first-order valence-corrected chi connectivity index (χ1v) is 8.51. The first-order chi connectivity index (χ1) is 11.7. The molecule has 3 N–H and O–H groups in total. The van der Waals surface area contributed by atoms with Crippen molar-refractivity contribution in [3.8, 4) is 0 Å². The lowest BCUT2D eigenvalue weighted by Crippen LogP contribution is -2.35. The minimum Gasteiger partial charge on any atom is -0.337 e. The van der Waals surface area contributed by atoms with Crippen molar-refractivity contribution >= 4 is 11.7 Å². The van der Waals surface area contributed by atoms with E-state index >= 15 is 0 Å². The summed E-state index contributed by atoms with van der Waals surface area (Å²) in [4.78, 5) is 26.3. The zero-order valence-electron chi connectivity index (χ0n) is 13.6. The highest BCUT2D eigenvalue weighted by molar-refractivity contribution is 5.88. The number of anilines is 1. The highest BCUT2D eigenvalue weighted by Gasteiger charge is 2.26. The second-order valence-electron chi connectivity index (χ2n) is 6.31. The Hall–Kier alpha value is -2.56. The minimum absolute atomic E-state index is 0.257. The molecule has 1 aromatic carbocycles. The predicted octanol–water partition coefficient (Wildman–Crippen LogP) is 3.47. The summed E-state index contributed by atoms with van der Waals surface area (Å²) in [5.74, 6) is 0.918. The van der Waals surface area contributed by atoms with Crippen LogP contribution in [0.15, 0.2) is 53.5 Å². The van der Waals surface area contributed by atoms with Gasteiger partial charge in [-0.2, -0.15) is 0 Å². The Kier molecular flexibility index (Phi) is 5.31. The summed E-state index contributed by atoms with van der Waals surface area (Å²) in [6, 6.07) is 13.3. The van der Waals surface area contributed by atoms with E-state index in [1.54, 1.807) is 12.1 Å². The third-order valence-electron chi connectivity index (χ3n) is 4.75. The van der Waals surface area contributed by atoms with Gasteiger partial charge in [0, 0.05) is 18.7 Å². The van der Waals surface area contributed by atoms with E-state index in [2.05, 4.69) is 27.8 Å². The number of carbonyl (C=O) groups excluding carboxylic acids is 1. The quantitative estimate of drug-likeness (QED) is 0.787. The van der Waals surface area contributed by atoms with E-state index in [0.717, 1.165) is 0 Å². The molecule has 24 heavy (non-hydrogen) atoms. The van der Waals surface area contributed by atoms with Crippen LogP contribution in [0.5, 0.6) is 0 Å². The maximum absolute atomic E-state index is 12.1. The maximum atomic E-state index is 12.1. The molecule has 1 aliphatic rings. The van der Waals surface area contributed by atoms with E-state index < -0.39 is 0 Å². The highest BCUT2D eigenvalue weighted by atomic mass is 16.2. The van der Waals surface area contributed by atoms with Crippen molar-refractivity contribution in [2.24, 2.45) is 5.92 Å². The minimum atomic E-state index is -0.342. The second kappa shape index (κ2) is 7.81. The predicted molar refractivity (Wildman–Crippen MR) is 95.2 cm³/mol. The largest absolute Gasteiger partial charge is 0.337 e. The van der Waals surface area contributed by atoms with Crippen LogP contribution in [0.4, 0.5) is 10.5 Å². The zero-order valence-corrected chi connectivity index (χ0v) is 13.6.